The minimum atomic E-state index is -0.0735. The van der Waals surface area contributed by atoms with Crippen LogP contribution >= 0.6 is 0 Å². The van der Waals surface area contributed by atoms with Gasteiger partial charge in [-0.3, -0.25) is 9.78 Å². The zero-order chi connectivity index (χ0) is 12.5. The molecule has 2 atom stereocenters. The number of aromatic nitrogens is 1. The van der Waals surface area contributed by atoms with Gasteiger partial charge in [-0.25, -0.2) is 0 Å². The number of hydrogen-bond acceptors (Lipinski definition) is 3. The van der Waals surface area contributed by atoms with Gasteiger partial charge in [0.2, 0.25) is 0 Å². The van der Waals surface area contributed by atoms with Crippen molar-refractivity contribution < 1.29 is 9.53 Å². The first kappa shape index (κ1) is 11.2. The third kappa shape index (κ3) is 1.96. The van der Waals surface area contributed by atoms with E-state index in [0.29, 0.717) is 12.5 Å². The second-order valence-corrected chi connectivity index (χ2v) is 4.66. The zero-order valence-electron chi connectivity index (χ0n) is 10.3. The van der Waals surface area contributed by atoms with Gasteiger partial charge in [-0.15, -0.1) is 0 Å². The van der Waals surface area contributed by atoms with E-state index in [9.17, 15) is 4.79 Å². The van der Waals surface area contributed by atoms with Gasteiger partial charge in [0, 0.05) is 11.6 Å². The van der Waals surface area contributed by atoms with Crippen LogP contribution in [0.25, 0.3) is 10.9 Å². The molecule has 0 aliphatic heterocycles. The lowest BCUT2D eigenvalue weighted by molar-refractivity contribution is -0.144. The minimum Gasteiger partial charge on any atom is -0.466 e. The van der Waals surface area contributed by atoms with Gasteiger partial charge in [0.25, 0.3) is 0 Å². The molecular weight excluding hydrogens is 226 g/mol. The van der Waals surface area contributed by atoms with Crippen LogP contribution in [0, 0.1) is 5.92 Å². The summed E-state index contributed by atoms with van der Waals surface area (Å²) >= 11 is 0. The van der Waals surface area contributed by atoms with E-state index >= 15 is 0 Å². The molecule has 92 valence electrons. The van der Waals surface area contributed by atoms with E-state index in [1.165, 1.54) is 0 Å². The van der Waals surface area contributed by atoms with Crippen molar-refractivity contribution in [1.29, 1.82) is 0 Å². The molecule has 3 nitrogen and oxygen atoms in total. The lowest BCUT2D eigenvalue weighted by Gasteiger charge is -2.03. The number of pyridine rings is 1. The summed E-state index contributed by atoms with van der Waals surface area (Å²) in [6.45, 7) is 2.30. The van der Waals surface area contributed by atoms with Crippen molar-refractivity contribution >= 4 is 16.9 Å². The molecule has 3 rings (SSSR count). The monoisotopic (exact) mass is 241 g/mol. The number of hydrogen-bond donors (Lipinski definition) is 0. The van der Waals surface area contributed by atoms with Gasteiger partial charge < -0.3 is 4.74 Å². The molecule has 0 N–H and O–H groups in total. The maximum Gasteiger partial charge on any atom is 0.309 e. The van der Waals surface area contributed by atoms with Crippen LogP contribution in [0.15, 0.2) is 36.5 Å². The number of esters is 1. The molecule has 1 aromatic heterocycles. The van der Waals surface area contributed by atoms with Gasteiger partial charge in [-0.05, 0) is 37.0 Å². The largest absolute Gasteiger partial charge is 0.466 e. The maximum atomic E-state index is 11.6. The van der Waals surface area contributed by atoms with Crippen LogP contribution in [-0.4, -0.2) is 17.6 Å². The second-order valence-electron chi connectivity index (χ2n) is 4.66. The Balaban J connectivity index is 1.82. The highest BCUT2D eigenvalue weighted by molar-refractivity contribution is 5.81. The summed E-state index contributed by atoms with van der Waals surface area (Å²) < 4.78 is 5.05. The summed E-state index contributed by atoms with van der Waals surface area (Å²) in [5, 5.41) is 1.13. The first-order valence-electron chi connectivity index (χ1n) is 6.31. The van der Waals surface area contributed by atoms with E-state index in [2.05, 4.69) is 11.1 Å². The fourth-order valence-electron chi connectivity index (χ4n) is 2.36. The molecule has 0 amide bonds. The lowest BCUT2D eigenvalue weighted by atomic mass is 10.1. The first-order valence-corrected chi connectivity index (χ1v) is 6.31. The SMILES string of the molecule is CCOC(=O)[C@@H]1C[C@H]1c1cnc2ccccc2c1. The molecule has 1 aliphatic carbocycles. The highest BCUT2D eigenvalue weighted by Gasteiger charge is 2.45. The molecule has 1 aromatic carbocycles. The van der Waals surface area contributed by atoms with Crippen molar-refractivity contribution in [1.82, 2.24) is 4.98 Å². The van der Waals surface area contributed by atoms with E-state index < -0.39 is 0 Å². The average Bonchev–Trinajstić information content (AvgIpc) is 3.19. The van der Waals surface area contributed by atoms with E-state index in [0.717, 1.165) is 22.9 Å². The van der Waals surface area contributed by atoms with Crippen LogP contribution < -0.4 is 0 Å². The molecule has 2 aromatic rings. The Bertz CT molecular complexity index is 594. The Morgan fingerprint density at radius 2 is 2.28 bits per heavy atom. The van der Waals surface area contributed by atoms with Crippen LogP contribution in [0.5, 0.6) is 0 Å². The molecule has 0 saturated heterocycles. The Hall–Kier alpha value is -1.90. The second kappa shape index (κ2) is 4.41. The zero-order valence-corrected chi connectivity index (χ0v) is 10.3. The molecule has 3 heteroatoms. The molecular formula is C15H15NO2. The summed E-state index contributed by atoms with van der Waals surface area (Å²) in [7, 11) is 0. The fourth-order valence-corrected chi connectivity index (χ4v) is 2.36. The maximum absolute atomic E-state index is 11.6. The quantitative estimate of drug-likeness (QED) is 0.776. The topological polar surface area (TPSA) is 39.2 Å². The third-order valence-corrected chi connectivity index (χ3v) is 3.42. The smallest absolute Gasteiger partial charge is 0.309 e. The Kier molecular flexibility index (Phi) is 2.74. The lowest BCUT2D eigenvalue weighted by Crippen LogP contribution is -2.07. The van der Waals surface area contributed by atoms with Crippen LogP contribution in [0.1, 0.15) is 24.8 Å². The van der Waals surface area contributed by atoms with Gasteiger partial charge >= 0.3 is 5.97 Å². The molecule has 0 radical (unpaired) electrons. The van der Waals surface area contributed by atoms with E-state index in [1.54, 1.807) is 0 Å². The van der Waals surface area contributed by atoms with Crippen molar-refractivity contribution in [3.05, 3.63) is 42.1 Å². The molecule has 0 bridgehead atoms. The van der Waals surface area contributed by atoms with Crippen LogP contribution in [0.2, 0.25) is 0 Å². The summed E-state index contributed by atoms with van der Waals surface area (Å²) in [4.78, 5) is 16.0. The van der Waals surface area contributed by atoms with E-state index in [1.807, 2.05) is 37.4 Å². The van der Waals surface area contributed by atoms with Crippen molar-refractivity contribution in [3.8, 4) is 0 Å². The number of nitrogens with zero attached hydrogens (tertiary/aromatic N) is 1. The standard InChI is InChI=1S/C15H15NO2/c1-2-18-15(17)13-8-12(13)11-7-10-5-3-4-6-14(10)16-9-11/h3-7,9,12-13H,2,8H2,1H3/t12-,13+/m0/s1. The predicted octanol–water partition coefficient (Wildman–Crippen LogP) is 2.90. The fraction of sp³-hybridized carbons (Fsp3) is 0.333. The van der Waals surface area contributed by atoms with E-state index in [-0.39, 0.29) is 11.9 Å². The Morgan fingerprint density at radius 1 is 1.44 bits per heavy atom. The van der Waals surface area contributed by atoms with Gasteiger partial charge in [0.1, 0.15) is 0 Å². The molecule has 1 saturated carbocycles. The van der Waals surface area contributed by atoms with Gasteiger partial charge in [-0.2, -0.15) is 0 Å². The Morgan fingerprint density at radius 3 is 3.11 bits per heavy atom. The van der Waals surface area contributed by atoms with Crippen molar-refractivity contribution in [2.75, 3.05) is 6.61 Å². The number of fused-ring (bicyclic) bond motifs is 1. The van der Waals surface area contributed by atoms with Gasteiger partial charge in [0.05, 0.1) is 18.0 Å². The number of benzene rings is 1. The highest BCUT2D eigenvalue weighted by Crippen LogP contribution is 2.48. The molecule has 1 aliphatic rings. The minimum absolute atomic E-state index is 0.0351. The van der Waals surface area contributed by atoms with Crippen molar-refractivity contribution in [3.63, 3.8) is 0 Å². The number of ether oxygens (including phenoxy) is 1. The van der Waals surface area contributed by atoms with Gasteiger partial charge in [0.15, 0.2) is 0 Å². The number of para-hydroxylation sites is 1. The third-order valence-electron chi connectivity index (χ3n) is 3.42. The van der Waals surface area contributed by atoms with Crippen molar-refractivity contribution in [2.24, 2.45) is 5.92 Å². The molecule has 0 unspecified atom stereocenters. The average molecular weight is 241 g/mol. The van der Waals surface area contributed by atoms with Gasteiger partial charge in [-0.1, -0.05) is 18.2 Å². The number of carbonyl (C=O) groups excluding carboxylic acids is 1. The summed E-state index contributed by atoms with van der Waals surface area (Å²) in [5.74, 6) is 0.254. The highest BCUT2D eigenvalue weighted by atomic mass is 16.5. The normalized spacial score (nSPS) is 21.8. The van der Waals surface area contributed by atoms with Crippen LogP contribution in [0.4, 0.5) is 0 Å². The van der Waals surface area contributed by atoms with Crippen LogP contribution in [0.3, 0.4) is 0 Å². The van der Waals surface area contributed by atoms with Crippen LogP contribution in [-0.2, 0) is 9.53 Å². The summed E-state index contributed by atoms with van der Waals surface area (Å²) in [5.41, 5.74) is 2.14. The molecule has 18 heavy (non-hydrogen) atoms. The summed E-state index contributed by atoms with van der Waals surface area (Å²) in [6.07, 6.45) is 2.77. The predicted molar refractivity (Wildman–Crippen MR) is 69.2 cm³/mol. The summed E-state index contributed by atoms with van der Waals surface area (Å²) in [6, 6.07) is 10.2. The molecule has 0 spiro atoms. The number of rotatable bonds is 3. The number of carbonyl (C=O) groups is 1. The Labute approximate surface area is 106 Å². The molecule has 1 fully saturated rings. The molecule has 1 heterocycles. The first-order chi connectivity index (χ1) is 8.79. The van der Waals surface area contributed by atoms with E-state index in [4.69, 9.17) is 4.74 Å². The van der Waals surface area contributed by atoms with Crippen molar-refractivity contribution in [2.45, 2.75) is 19.3 Å².